The Morgan fingerprint density at radius 2 is 2.28 bits per heavy atom. The monoisotopic (exact) mass is 365 g/mol. The van der Waals surface area contributed by atoms with Gasteiger partial charge in [0.15, 0.2) is 0 Å². The van der Waals surface area contributed by atoms with Crippen LogP contribution in [0, 0.1) is 11.3 Å². The van der Waals surface area contributed by atoms with E-state index in [1.165, 1.54) is 0 Å². The lowest BCUT2D eigenvalue weighted by Gasteiger charge is -2.32. The largest absolute Gasteiger partial charge is 0.380 e. The van der Waals surface area contributed by atoms with Gasteiger partial charge in [-0.05, 0) is 31.7 Å². The number of likely N-dealkylation sites (tertiary alicyclic amines) is 1. The predicted molar refractivity (Wildman–Crippen MR) is 97.4 cm³/mol. The van der Waals surface area contributed by atoms with Crippen molar-refractivity contribution in [3.63, 3.8) is 0 Å². The number of carbonyl (C=O) groups is 2. The maximum Gasteiger partial charge on any atom is 0.317 e. The average Bonchev–Trinajstić information content (AvgIpc) is 3.27. The van der Waals surface area contributed by atoms with Crippen LogP contribution in [0.25, 0.3) is 0 Å². The third-order valence-electron chi connectivity index (χ3n) is 5.44. The summed E-state index contributed by atoms with van der Waals surface area (Å²) in [5.74, 6) is 0.0723. The van der Waals surface area contributed by atoms with Crippen LogP contribution in [0.5, 0.6) is 0 Å². The minimum Gasteiger partial charge on any atom is -0.380 e. The van der Waals surface area contributed by atoms with Crippen molar-refractivity contribution in [2.24, 2.45) is 11.3 Å². The zero-order valence-corrected chi connectivity index (χ0v) is 15.9. The smallest absolute Gasteiger partial charge is 0.317 e. The van der Waals surface area contributed by atoms with E-state index in [2.05, 4.69) is 17.6 Å². The summed E-state index contributed by atoms with van der Waals surface area (Å²) in [6.45, 7) is 8.53. The van der Waals surface area contributed by atoms with Crippen LogP contribution in [0.1, 0.15) is 32.1 Å². The summed E-state index contributed by atoms with van der Waals surface area (Å²) in [5.41, 5.74) is -0.874. The molecule has 0 aromatic carbocycles. The zero-order chi connectivity index (χ0) is 18.1. The van der Waals surface area contributed by atoms with E-state index < -0.39 is 5.41 Å². The third-order valence-corrected chi connectivity index (χ3v) is 6.32. The maximum atomic E-state index is 13.0. The molecule has 0 aliphatic carbocycles. The number of rotatable bonds is 5. The molecule has 3 rings (SSSR count). The van der Waals surface area contributed by atoms with E-state index in [1.807, 2.05) is 31.4 Å². The molecule has 0 radical (unpaired) electrons. The summed E-state index contributed by atoms with van der Waals surface area (Å²) in [5, 5.41) is 8.10. The Labute approximate surface area is 152 Å². The van der Waals surface area contributed by atoms with Crippen molar-refractivity contribution in [2.45, 2.75) is 39.3 Å². The van der Waals surface area contributed by atoms with Crippen LogP contribution in [0.4, 0.5) is 4.79 Å². The Hall–Kier alpha value is -1.60. The molecule has 6 nitrogen and oxygen atoms in total. The Bertz CT molecular complexity index is 632. The number of nitrogens with zero attached hydrogens (tertiary/aromatic N) is 1. The third kappa shape index (κ3) is 3.67. The second kappa shape index (κ2) is 6.96. The van der Waals surface area contributed by atoms with E-state index in [0.717, 1.165) is 11.3 Å². The highest BCUT2D eigenvalue weighted by Gasteiger charge is 2.57. The van der Waals surface area contributed by atoms with Crippen molar-refractivity contribution in [2.75, 3.05) is 26.3 Å². The molecule has 3 heterocycles. The molecule has 138 valence electrons. The highest BCUT2D eigenvalue weighted by atomic mass is 32.1. The van der Waals surface area contributed by atoms with Crippen LogP contribution in [-0.2, 0) is 16.1 Å². The lowest BCUT2D eigenvalue weighted by Crippen LogP contribution is -2.54. The van der Waals surface area contributed by atoms with Crippen LogP contribution < -0.4 is 10.6 Å². The molecule has 1 aromatic rings. The van der Waals surface area contributed by atoms with Crippen molar-refractivity contribution in [1.29, 1.82) is 0 Å². The van der Waals surface area contributed by atoms with Gasteiger partial charge in [-0.25, -0.2) is 4.79 Å². The van der Waals surface area contributed by atoms with Crippen molar-refractivity contribution in [1.82, 2.24) is 15.5 Å². The quantitative estimate of drug-likeness (QED) is 0.840. The van der Waals surface area contributed by atoms with Crippen LogP contribution >= 0.6 is 11.3 Å². The van der Waals surface area contributed by atoms with E-state index in [9.17, 15) is 9.59 Å². The molecule has 2 aliphatic rings. The molecule has 3 amide bonds. The number of carbonyl (C=O) groups excluding carboxylic acids is 2. The van der Waals surface area contributed by atoms with Crippen LogP contribution in [-0.4, -0.2) is 48.7 Å². The molecule has 0 saturated carbocycles. The first-order valence-corrected chi connectivity index (χ1v) is 9.70. The molecule has 1 aromatic heterocycles. The molecule has 0 unspecified atom stereocenters. The topological polar surface area (TPSA) is 70.7 Å². The normalized spacial score (nSPS) is 25.7. The average molecular weight is 365 g/mol. The van der Waals surface area contributed by atoms with Gasteiger partial charge in [-0.15, -0.1) is 11.3 Å². The molecule has 7 heteroatoms. The standard InChI is InChI=1S/C18H27N3O3S/c1-4-17(2,3)20-15(22)18-11-21(9-13(18)10-24-12-18)16(23)19-8-14-6-5-7-25-14/h5-7,13H,4,8-12H2,1-3H3,(H,19,23)(H,20,22)/t13-,18-/m1/s1. The molecule has 2 saturated heterocycles. The minimum atomic E-state index is -0.618. The fourth-order valence-electron chi connectivity index (χ4n) is 3.42. The van der Waals surface area contributed by atoms with Crippen LogP contribution in [0.2, 0.25) is 0 Å². The minimum absolute atomic E-state index is 0.00964. The predicted octanol–water partition coefficient (Wildman–Crippen LogP) is 2.21. The summed E-state index contributed by atoms with van der Waals surface area (Å²) in [6, 6.07) is 3.86. The number of thiophene rings is 1. The molecule has 2 fully saturated rings. The second-order valence-corrected chi connectivity index (χ2v) is 8.71. The first kappa shape index (κ1) is 18.2. The summed E-state index contributed by atoms with van der Waals surface area (Å²) >= 11 is 1.62. The second-order valence-electron chi connectivity index (χ2n) is 7.68. The van der Waals surface area contributed by atoms with Gasteiger partial charge in [0.1, 0.15) is 0 Å². The Kier molecular flexibility index (Phi) is 5.06. The van der Waals surface area contributed by atoms with E-state index in [4.69, 9.17) is 4.74 Å². The Morgan fingerprint density at radius 3 is 2.96 bits per heavy atom. The first-order valence-electron chi connectivity index (χ1n) is 8.82. The van der Waals surface area contributed by atoms with Gasteiger partial charge in [-0.1, -0.05) is 13.0 Å². The summed E-state index contributed by atoms with van der Waals surface area (Å²) in [6.07, 6.45) is 0.853. The molecule has 0 bridgehead atoms. The number of amides is 3. The highest BCUT2D eigenvalue weighted by Crippen LogP contribution is 2.42. The first-order chi connectivity index (χ1) is 11.9. The van der Waals surface area contributed by atoms with Crippen molar-refractivity contribution in [3.8, 4) is 0 Å². The van der Waals surface area contributed by atoms with Crippen LogP contribution in [0.3, 0.4) is 0 Å². The molecule has 2 aliphatic heterocycles. The lowest BCUT2D eigenvalue weighted by atomic mass is 9.79. The number of urea groups is 1. The molecule has 2 N–H and O–H groups in total. The number of nitrogens with one attached hydrogen (secondary N) is 2. The van der Waals surface area contributed by atoms with Gasteiger partial charge in [0.2, 0.25) is 5.91 Å². The SMILES string of the molecule is CCC(C)(C)NC(=O)[C@]12COC[C@H]1CN(C(=O)NCc1cccs1)C2. The number of ether oxygens (including phenoxy) is 1. The molecular weight excluding hydrogens is 338 g/mol. The van der Waals surface area contributed by atoms with Crippen molar-refractivity contribution in [3.05, 3.63) is 22.4 Å². The van der Waals surface area contributed by atoms with E-state index in [0.29, 0.717) is 32.8 Å². The Balaban J connectivity index is 1.64. The molecular formula is C18H27N3O3S. The number of hydrogen-bond donors (Lipinski definition) is 2. The molecule has 0 spiro atoms. The summed E-state index contributed by atoms with van der Waals surface area (Å²) in [7, 11) is 0. The van der Waals surface area contributed by atoms with Gasteiger partial charge in [0.05, 0.1) is 25.2 Å². The van der Waals surface area contributed by atoms with Gasteiger partial charge in [-0.3, -0.25) is 4.79 Å². The van der Waals surface area contributed by atoms with Crippen molar-refractivity contribution >= 4 is 23.3 Å². The summed E-state index contributed by atoms with van der Waals surface area (Å²) in [4.78, 5) is 28.4. The van der Waals surface area contributed by atoms with E-state index in [-0.39, 0.29) is 23.4 Å². The van der Waals surface area contributed by atoms with Gasteiger partial charge in [0.25, 0.3) is 0 Å². The van der Waals surface area contributed by atoms with Gasteiger partial charge >= 0.3 is 6.03 Å². The summed E-state index contributed by atoms with van der Waals surface area (Å²) < 4.78 is 5.61. The fraction of sp³-hybridized carbons (Fsp3) is 0.667. The molecule has 25 heavy (non-hydrogen) atoms. The Morgan fingerprint density at radius 1 is 1.48 bits per heavy atom. The molecule has 2 atom stereocenters. The van der Waals surface area contributed by atoms with E-state index in [1.54, 1.807) is 16.2 Å². The zero-order valence-electron chi connectivity index (χ0n) is 15.1. The fourth-order valence-corrected chi connectivity index (χ4v) is 4.06. The van der Waals surface area contributed by atoms with Gasteiger partial charge in [-0.2, -0.15) is 0 Å². The van der Waals surface area contributed by atoms with Crippen molar-refractivity contribution < 1.29 is 14.3 Å². The van der Waals surface area contributed by atoms with Gasteiger partial charge < -0.3 is 20.3 Å². The van der Waals surface area contributed by atoms with Crippen LogP contribution in [0.15, 0.2) is 17.5 Å². The van der Waals surface area contributed by atoms with E-state index >= 15 is 0 Å². The number of hydrogen-bond acceptors (Lipinski definition) is 4. The highest BCUT2D eigenvalue weighted by molar-refractivity contribution is 7.09. The lowest BCUT2D eigenvalue weighted by molar-refractivity contribution is -0.133. The number of fused-ring (bicyclic) bond motifs is 1. The maximum absolute atomic E-state index is 13.0. The van der Waals surface area contributed by atoms with Gasteiger partial charge in [0, 0.05) is 29.4 Å².